The fraction of sp³-hybridized carbons (Fsp3) is 0.765. The number of nitrogens with one attached hydrogen (secondary N) is 4. The minimum atomic E-state index is -5.97. The Bertz CT molecular complexity index is 5610. The number of amides is 4. The van der Waals surface area contributed by atoms with Crippen molar-refractivity contribution in [1.82, 2.24) is 60.3 Å². The molecule has 4 aliphatic carbocycles. The maximum Gasteiger partial charge on any atom is 0.306 e. The lowest BCUT2D eigenvalue weighted by molar-refractivity contribution is -0.349. The van der Waals surface area contributed by atoms with E-state index < -0.39 is 209 Å². The van der Waals surface area contributed by atoms with E-state index in [0.717, 1.165) is 127 Å². The normalized spacial score (nSPS) is 27.5. The van der Waals surface area contributed by atoms with Gasteiger partial charge in [0.25, 0.3) is 31.3 Å². The van der Waals surface area contributed by atoms with E-state index in [1.807, 2.05) is 0 Å². The van der Waals surface area contributed by atoms with Gasteiger partial charge in [0.05, 0.1) is 84.9 Å². The van der Waals surface area contributed by atoms with Crippen LogP contribution in [0.15, 0.2) is 37.0 Å². The van der Waals surface area contributed by atoms with Crippen LogP contribution in [-0.4, -0.2) is 273 Å². The maximum absolute atomic E-state index is 12.6. The van der Waals surface area contributed by atoms with Gasteiger partial charge in [-0.2, -0.15) is 0 Å². The Morgan fingerprint density at radius 1 is 0.570 bits per heavy atom. The number of aliphatic carboxylic acids is 2. The second kappa shape index (κ2) is 53.6. The second-order valence-corrected chi connectivity index (χ2v) is 51.2. The molecule has 0 radical (unpaired) electrons. The van der Waals surface area contributed by atoms with Crippen LogP contribution < -0.4 is 71.9 Å². The highest BCUT2D eigenvalue weighted by molar-refractivity contribution is 8.13. The molecule has 10 rings (SSSR count). The number of phosphoric acid groups is 6. The van der Waals surface area contributed by atoms with Crippen LogP contribution in [0.25, 0.3) is 22.3 Å². The van der Waals surface area contributed by atoms with Crippen molar-refractivity contribution in [1.29, 1.82) is 0 Å². The number of aliphatic hydroxyl groups excluding tert-OH is 6. The molecule has 848 valence electrons. The third-order valence-electron chi connectivity index (χ3n) is 27.0. The summed E-state index contributed by atoms with van der Waals surface area (Å²) in [5, 5.41) is 107. The van der Waals surface area contributed by atoms with Crippen molar-refractivity contribution in [2.24, 2.45) is 57.2 Å². The number of aromatic nitrogens is 8. The van der Waals surface area contributed by atoms with Gasteiger partial charge in [-0.3, -0.25) is 65.8 Å². The first kappa shape index (κ1) is 130. The SMILES string of the molecule is CC(=O)SCCNC(=O)CCNC(=O)C(O)C(C)(C)COP(=O)([O-])OP(=O)([O-])OCC1OC(C)(n2cnc3c(N)ncnc32)C(O)C1OP(=O)([O-])[O-].CC(C)(COP(=O)([O-])OP(=O)([O-])OCC1OC(C)(n2cnc3c(N)ncnc32)C(O)C1OP(=O)([O-])[O-])C(O)C(=O)NCCC(=O)NCCSC(=O)C[C@](C)(O)CC(=O)O.CC(C)CCCC(C)C1CCC2C3CC=C4CC(O)CCC4(C)C3CCC12C.C[C@](O)(CCO)CC(=O)O. The van der Waals surface area contributed by atoms with Gasteiger partial charge < -0.3 is 169 Å². The van der Waals surface area contributed by atoms with Crippen LogP contribution in [0.1, 0.15) is 206 Å². The zero-order chi connectivity index (χ0) is 112. The molecule has 6 heterocycles. The van der Waals surface area contributed by atoms with E-state index in [9.17, 15) is 136 Å². The van der Waals surface area contributed by atoms with Crippen LogP contribution in [0.2, 0.25) is 0 Å². The van der Waals surface area contributed by atoms with Gasteiger partial charge in [-0.1, -0.05) is 117 Å². The highest BCUT2D eigenvalue weighted by Crippen LogP contribution is 2.68. The van der Waals surface area contributed by atoms with Crippen LogP contribution in [0.3, 0.4) is 0 Å². The first-order chi connectivity index (χ1) is 68.6. The number of carbonyl (C=O) groups excluding carboxylic acids is 6. The third-order valence-corrected chi connectivity index (χ3v) is 34.7. The Balaban J connectivity index is 0.000000301. The Labute approximate surface area is 867 Å². The largest absolute Gasteiger partial charge is 0.790 e. The average Bonchev–Trinajstić information content (AvgIpc) is 1.66. The fourth-order valence-electron chi connectivity index (χ4n) is 19.3. The van der Waals surface area contributed by atoms with Crippen molar-refractivity contribution in [3.63, 3.8) is 0 Å². The first-order valence-corrected chi connectivity index (χ1v) is 58.2. The van der Waals surface area contributed by atoms with Crippen LogP contribution in [0.4, 0.5) is 11.6 Å². The van der Waals surface area contributed by atoms with E-state index in [1.165, 1.54) is 99.3 Å². The van der Waals surface area contributed by atoms with Crippen molar-refractivity contribution in [2.45, 2.75) is 284 Å². The number of imidazole rings is 2. The highest BCUT2D eigenvalue weighted by Gasteiger charge is 2.61. The van der Waals surface area contributed by atoms with Gasteiger partial charge in [0, 0.05) is 81.3 Å². The molecule has 0 spiro atoms. The van der Waals surface area contributed by atoms with E-state index in [2.05, 4.69) is 128 Å². The van der Waals surface area contributed by atoms with Gasteiger partial charge in [-0.25, -0.2) is 38.5 Å². The molecule has 22 unspecified atom stereocenters. The molecule has 0 aromatic carbocycles. The molecular formula is C85H136N14O42P6S2-8. The summed E-state index contributed by atoms with van der Waals surface area (Å²) in [5.41, 5.74) is 3.52. The number of anilines is 2. The van der Waals surface area contributed by atoms with Gasteiger partial charge in [-0.05, 0) is 132 Å². The summed E-state index contributed by atoms with van der Waals surface area (Å²) in [4.78, 5) is 212. The van der Waals surface area contributed by atoms with E-state index in [1.54, 1.807) is 5.57 Å². The van der Waals surface area contributed by atoms with E-state index in [0.29, 0.717) is 16.6 Å². The molecule has 149 heavy (non-hydrogen) atoms. The molecule has 24 atom stereocenters. The summed E-state index contributed by atoms with van der Waals surface area (Å²) in [5.74, 6) is 0.261. The minimum Gasteiger partial charge on any atom is -0.790 e. The lowest BCUT2D eigenvalue weighted by Gasteiger charge is -2.58. The Morgan fingerprint density at radius 3 is 1.43 bits per heavy atom. The number of nitrogens with zero attached hydrogens (tertiary/aromatic N) is 8. The molecule has 64 heteroatoms. The Kier molecular flexibility index (Phi) is 46.6. The predicted molar refractivity (Wildman–Crippen MR) is 512 cm³/mol. The van der Waals surface area contributed by atoms with Gasteiger partial charge in [0.2, 0.25) is 23.6 Å². The summed E-state index contributed by atoms with van der Waals surface area (Å²) in [6.07, 6.45) is 3.49. The highest BCUT2D eigenvalue weighted by atomic mass is 32.2. The number of nitrogen functional groups attached to an aromatic ring is 2. The van der Waals surface area contributed by atoms with Gasteiger partial charge >= 0.3 is 11.9 Å². The lowest BCUT2D eigenvalue weighted by atomic mass is 9.47. The molecule has 6 aliphatic rings. The average molecular weight is 2280 g/mol. The van der Waals surface area contributed by atoms with Crippen LogP contribution in [0, 0.1) is 57.2 Å². The maximum atomic E-state index is 12.6. The third kappa shape index (κ3) is 37.7. The summed E-state index contributed by atoms with van der Waals surface area (Å²) in [7, 11) is -35.4. The molecule has 4 aromatic rings. The molecule has 0 bridgehead atoms. The van der Waals surface area contributed by atoms with Crippen LogP contribution in [0.5, 0.6) is 0 Å². The van der Waals surface area contributed by atoms with E-state index in [-0.39, 0.29) is 109 Å². The number of hydrogen-bond acceptors (Lipinski definition) is 50. The number of rotatable bonds is 51. The fourth-order valence-corrected chi connectivity index (χ4v) is 26.1. The summed E-state index contributed by atoms with van der Waals surface area (Å²) in [6.45, 7) is 18.4. The smallest absolute Gasteiger partial charge is 0.306 e. The number of nitrogens with two attached hydrogens (primary N) is 2. The molecule has 2 saturated heterocycles. The molecule has 4 aromatic heterocycles. The minimum absolute atomic E-state index is 0.00412. The number of phosphoric ester groups is 6. The predicted octanol–water partition coefficient (Wildman–Crippen LogP) is -0.760. The lowest BCUT2D eigenvalue weighted by Crippen LogP contribution is -2.50. The second-order valence-electron chi connectivity index (χ2n) is 40.6. The molecule has 3 saturated carbocycles. The van der Waals surface area contributed by atoms with Crippen LogP contribution in [-0.2, 0) is 122 Å². The zero-order valence-electron chi connectivity index (χ0n) is 84.6. The van der Waals surface area contributed by atoms with Crippen molar-refractivity contribution < 1.29 is 201 Å². The summed E-state index contributed by atoms with van der Waals surface area (Å²) < 4.78 is 122. The van der Waals surface area contributed by atoms with Crippen molar-refractivity contribution in [2.75, 3.05) is 82.2 Å². The van der Waals surface area contributed by atoms with Gasteiger partial charge in [-0.15, -0.1) is 0 Å². The number of allylic oxidation sites excluding steroid dienone is 1. The number of ether oxygens (including phenoxy) is 2. The number of fused-ring (bicyclic) bond motifs is 7. The summed E-state index contributed by atoms with van der Waals surface area (Å²) >= 11 is 1.77. The number of aliphatic hydroxyl groups is 8. The number of thioether (sulfide) groups is 2. The quantitative estimate of drug-likeness (QED) is 0.0147. The van der Waals surface area contributed by atoms with Crippen LogP contribution >= 0.6 is 70.5 Å². The van der Waals surface area contributed by atoms with Gasteiger partial charge in [0.1, 0.15) is 72.5 Å². The topological polar surface area (TPSA) is 905 Å². The molecule has 4 amide bonds. The molecule has 2 aliphatic heterocycles. The molecule has 5 fully saturated rings. The zero-order valence-corrected chi connectivity index (χ0v) is 91.6. The molecular weight excluding hydrogens is 2140 g/mol. The number of carboxylic acids is 2. The Hall–Kier alpha value is -6.36. The standard InChI is InChI=1S/C28H46N7O20P3S.C27H46O.C24H40N7O17P3S.C6H12O4/c1-26(2,22(41)25(42)31-6-5-16(36)30-7-8-59-18(39)10-27(3,43)9-17(37)38)12-52-58(49,50)55-57(47,48)51-11-15-20(54-56(44,45)46)21(40)28(4,53-15)35-14-34-19-23(29)32-13-33-24(19)35;1-18(2)7-6-8-19(3)23-11-12-24-22-10-9-20-17-21(28)13-15-26(20,4)25(22)14-16-27(23,24)5;1-13(32)52-8-7-26-15(33)5-6-27-22(36)19(35)23(2,3)10-45-51(42,43)48-50(40,41)44-9-14-17(47-49(37,38)39)18(34)24(4,46-14)31-12-30-16-20(25)28-11-29-21(16)31;1-6(10,2-3-7)4-5(8)9/h13-15,20-22,40-41,43H,5-12H2,1-4H3,(H,30,36)(H,31,42)(H,37,38)(H,47,48)(H,49,50)(H2,29,32,33)(H2,44,45,46);9,18-19,21-25,28H,6-8,10-17H2,1-5H3;11-12,14,17-19,34-35H,5-10H2,1-4H3,(H,26,33)(H,27,36)(H,40,41)(H,42,43)(H2,25,28,29)(H2,37,38,39);7,10H,2-4H2,1H3,(H,8,9)/p-8/t15?,20?,21?,22?,27-,28?;;;6-/m1..0/s1. The van der Waals surface area contributed by atoms with E-state index in [4.69, 9.17) is 41.4 Å². The van der Waals surface area contributed by atoms with E-state index >= 15 is 0 Å². The molecule has 56 nitrogen and oxygen atoms in total. The van der Waals surface area contributed by atoms with Crippen molar-refractivity contribution in [3.8, 4) is 0 Å². The summed E-state index contributed by atoms with van der Waals surface area (Å²) in [6, 6.07) is 0. The van der Waals surface area contributed by atoms with Gasteiger partial charge in [0.15, 0.2) is 44.6 Å². The number of carbonyl (C=O) groups is 8. The monoisotopic (exact) mass is 2270 g/mol. The number of hydrogen-bond donors (Lipinski definition) is 16. The first-order valence-electron chi connectivity index (χ1n) is 47.4. The molecule has 18 N–H and O–H groups in total. The number of carboxylic acid groups (broad SMARTS) is 2. The Morgan fingerprint density at radius 2 is 1.01 bits per heavy atom. The van der Waals surface area contributed by atoms with Crippen molar-refractivity contribution in [3.05, 3.63) is 37.0 Å². The van der Waals surface area contributed by atoms with Crippen molar-refractivity contribution >= 4 is 150 Å².